The number of amides is 1. The summed E-state index contributed by atoms with van der Waals surface area (Å²) in [6.45, 7) is 4.35. The monoisotopic (exact) mass is 351 g/mol. The van der Waals surface area contributed by atoms with Crippen molar-refractivity contribution in [2.75, 3.05) is 10.2 Å². The van der Waals surface area contributed by atoms with Crippen LogP contribution in [0.25, 0.3) is 0 Å². The van der Waals surface area contributed by atoms with E-state index >= 15 is 0 Å². The Morgan fingerprint density at radius 2 is 1.54 bits per heavy atom. The van der Waals surface area contributed by atoms with Crippen LogP contribution in [0.2, 0.25) is 0 Å². The summed E-state index contributed by atoms with van der Waals surface area (Å²) in [5, 5.41) is 3.06. The zero-order valence-electron chi connectivity index (χ0n) is 15.7. The molecule has 3 N–H and O–H groups in total. The lowest BCUT2D eigenvalue weighted by Gasteiger charge is -2.29. The van der Waals surface area contributed by atoms with Crippen LogP contribution < -0.4 is 16.0 Å². The maximum absolute atomic E-state index is 12.5. The van der Waals surface area contributed by atoms with Crippen molar-refractivity contribution in [3.05, 3.63) is 54.6 Å². The molecular weight excluding hydrogens is 322 g/mol. The van der Waals surface area contributed by atoms with Crippen LogP contribution in [0.3, 0.4) is 0 Å². The highest BCUT2D eigenvalue weighted by molar-refractivity contribution is 5.92. The lowest BCUT2D eigenvalue weighted by atomic mass is 9.86. The second-order valence-electron chi connectivity index (χ2n) is 7.45. The van der Waals surface area contributed by atoms with Crippen molar-refractivity contribution in [2.45, 2.75) is 51.6 Å². The van der Waals surface area contributed by atoms with E-state index in [1.807, 2.05) is 18.2 Å². The van der Waals surface area contributed by atoms with E-state index in [4.69, 9.17) is 5.73 Å². The quantitative estimate of drug-likeness (QED) is 0.821. The zero-order valence-corrected chi connectivity index (χ0v) is 15.7. The number of benzene rings is 2. The van der Waals surface area contributed by atoms with Crippen LogP contribution in [0, 0.1) is 5.92 Å². The molecule has 0 aromatic heterocycles. The molecule has 2 aromatic rings. The number of anilines is 3. The minimum atomic E-state index is 0.0888. The van der Waals surface area contributed by atoms with Crippen LogP contribution in [0.15, 0.2) is 54.6 Å². The highest BCUT2D eigenvalue weighted by Crippen LogP contribution is 2.29. The van der Waals surface area contributed by atoms with Gasteiger partial charge in [0.15, 0.2) is 0 Å². The molecule has 4 heteroatoms. The summed E-state index contributed by atoms with van der Waals surface area (Å²) in [6.07, 6.45) is 3.66. The lowest BCUT2D eigenvalue weighted by molar-refractivity contribution is -0.120. The lowest BCUT2D eigenvalue weighted by Crippen LogP contribution is -2.32. The minimum Gasteiger partial charge on any atom is -0.339 e. The molecular formula is C22H29N3O. The zero-order chi connectivity index (χ0) is 18.5. The summed E-state index contributed by atoms with van der Waals surface area (Å²) in [7, 11) is 0. The first-order valence-electron chi connectivity index (χ1n) is 9.55. The highest BCUT2D eigenvalue weighted by Gasteiger charge is 2.24. The SMILES string of the molecule is CC(C)N(c1ccccc1)c1ccc(NC(=O)C2CCC(N)CC2)cc1. The smallest absolute Gasteiger partial charge is 0.227 e. The predicted octanol–water partition coefficient (Wildman–Crippen LogP) is 4.69. The Hall–Kier alpha value is -2.33. The third-order valence-electron chi connectivity index (χ3n) is 5.11. The van der Waals surface area contributed by atoms with Crippen LogP contribution >= 0.6 is 0 Å². The third-order valence-corrected chi connectivity index (χ3v) is 5.11. The summed E-state index contributed by atoms with van der Waals surface area (Å²) in [6, 6.07) is 19.1. The summed E-state index contributed by atoms with van der Waals surface area (Å²) in [5.41, 5.74) is 9.07. The highest BCUT2D eigenvalue weighted by atomic mass is 16.1. The Balaban J connectivity index is 1.68. The van der Waals surface area contributed by atoms with Crippen molar-refractivity contribution in [1.29, 1.82) is 0 Å². The molecule has 4 nitrogen and oxygen atoms in total. The van der Waals surface area contributed by atoms with Gasteiger partial charge in [0.25, 0.3) is 0 Å². The summed E-state index contributed by atoms with van der Waals surface area (Å²) in [4.78, 5) is 14.7. The van der Waals surface area contributed by atoms with Crippen molar-refractivity contribution in [3.63, 3.8) is 0 Å². The Morgan fingerprint density at radius 3 is 2.12 bits per heavy atom. The van der Waals surface area contributed by atoms with Crippen LogP contribution in [-0.4, -0.2) is 18.0 Å². The maximum atomic E-state index is 12.5. The number of nitrogens with zero attached hydrogens (tertiary/aromatic N) is 1. The molecule has 0 bridgehead atoms. The number of nitrogens with two attached hydrogens (primary N) is 1. The molecule has 1 aliphatic rings. The maximum Gasteiger partial charge on any atom is 0.227 e. The predicted molar refractivity (Wildman–Crippen MR) is 109 cm³/mol. The first-order valence-corrected chi connectivity index (χ1v) is 9.55. The number of rotatable bonds is 5. The molecule has 1 saturated carbocycles. The van der Waals surface area contributed by atoms with E-state index in [2.05, 4.69) is 60.5 Å². The Labute approximate surface area is 156 Å². The van der Waals surface area contributed by atoms with Gasteiger partial charge in [-0.05, 0) is 75.9 Å². The molecule has 0 saturated heterocycles. The topological polar surface area (TPSA) is 58.4 Å². The van der Waals surface area contributed by atoms with Gasteiger partial charge in [0, 0.05) is 35.1 Å². The van der Waals surface area contributed by atoms with E-state index < -0.39 is 0 Å². The van der Waals surface area contributed by atoms with Gasteiger partial charge in [-0.25, -0.2) is 0 Å². The molecule has 1 fully saturated rings. The Bertz CT molecular complexity index is 704. The van der Waals surface area contributed by atoms with Gasteiger partial charge < -0.3 is 16.0 Å². The number of carbonyl (C=O) groups excluding carboxylic acids is 1. The molecule has 0 radical (unpaired) electrons. The average molecular weight is 351 g/mol. The first-order chi connectivity index (χ1) is 12.5. The van der Waals surface area contributed by atoms with Gasteiger partial charge in [-0.1, -0.05) is 18.2 Å². The summed E-state index contributed by atoms with van der Waals surface area (Å²) >= 11 is 0. The molecule has 1 aliphatic carbocycles. The van der Waals surface area contributed by atoms with E-state index in [-0.39, 0.29) is 17.9 Å². The fraction of sp³-hybridized carbons (Fsp3) is 0.409. The van der Waals surface area contributed by atoms with Gasteiger partial charge in [-0.2, -0.15) is 0 Å². The van der Waals surface area contributed by atoms with E-state index in [1.165, 1.54) is 0 Å². The van der Waals surface area contributed by atoms with E-state index in [9.17, 15) is 4.79 Å². The Morgan fingerprint density at radius 1 is 0.962 bits per heavy atom. The first kappa shape index (κ1) is 18.5. The van der Waals surface area contributed by atoms with Gasteiger partial charge in [0.05, 0.1) is 0 Å². The molecule has 0 atom stereocenters. The van der Waals surface area contributed by atoms with Gasteiger partial charge in [-0.3, -0.25) is 4.79 Å². The second-order valence-corrected chi connectivity index (χ2v) is 7.45. The molecule has 1 amide bonds. The fourth-order valence-corrected chi connectivity index (χ4v) is 3.67. The van der Waals surface area contributed by atoms with Crippen molar-refractivity contribution >= 4 is 23.0 Å². The molecule has 2 aromatic carbocycles. The summed E-state index contributed by atoms with van der Waals surface area (Å²) < 4.78 is 0. The van der Waals surface area contributed by atoms with Gasteiger partial charge >= 0.3 is 0 Å². The molecule has 0 spiro atoms. The summed E-state index contributed by atoms with van der Waals surface area (Å²) in [5.74, 6) is 0.208. The normalized spacial score (nSPS) is 20.0. The van der Waals surface area contributed by atoms with E-state index in [1.54, 1.807) is 0 Å². The molecule has 138 valence electrons. The van der Waals surface area contributed by atoms with Crippen LogP contribution in [0.1, 0.15) is 39.5 Å². The van der Waals surface area contributed by atoms with E-state index in [0.717, 1.165) is 42.7 Å². The largest absolute Gasteiger partial charge is 0.339 e. The number of hydrogen-bond acceptors (Lipinski definition) is 3. The standard InChI is InChI=1S/C22H29N3O/c1-16(2)25(20-6-4-3-5-7-20)21-14-12-19(13-15-21)24-22(26)17-8-10-18(23)11-9-17/h3-7,12-18H,8-11,23H2,1-2H3,(H,24,26). The van der Waals surface area contributed by atoms with Gasteiger partial charge in [-0.15, -0.1) is 0 Å². The molecule has 3 rings (SSSR count). The minimum absolute atomic E-state index is 0.0888. The molecule has 0 aliphatic heterocycles. The van der Waals surface area contributed by atoms with Crippen LogP contribution in [-0.2, 0) is 4.79 Å². The van der Waals surface area contributed by atoms with Crippen LogP contribution in [0.5, 0.6) is 0 Å². The number of hydrogen-bond donors (Lipinski definition) is 2. The third kappa shape index (κ3) is 4.44. The van der Waals surface area contributed by atoms with Gasteiger partial charge in [0.2, 0.25) is 5.91 Å². The molecule has 0 heterocycles. The number of para-hydroxylation sites is 1. The second kappa shape index (κ2) is 8.37. The fourth-order valence-electron chi connectivity index (χ4n) is 3.67. The Kier molecular flexibility index (Phi) is 5.94. The van der Waals surface area contributed by atoms with Crippen molar-refractivity contribution in [1.82, 2.24) is 0 Å². The van der Waals surface area contributed by atoms with E-state index in [0.29, 0.717) is 6.04 Å². The van der Waals surface area contributed by atoms with Crippen LogP contribution in [0.4, 0.5) is 17.1 Å². The van der Waals surface area contributed by atoms with Crippen molar-refractivity contribution in [2.24, 2.45) is 11.7 Å². The molecule has 26 heavy (non-hydrogen) atoms. The van der Waals surface area contributed by atoms with Gasteiger partial charge in [0.1, 0.15) is 0 Å². The van der Waals surface area contributed by atoms with Crippen molar-refractivity contribution < 1.29 is 4.79 Å². The number of nitrogens with one attached hydrogen (secondary N) is 1. The number of carbonyl (C=O) groups is 1. The van der Waals surface area contributed by atoms with Crippen molar-refractivity contribution in [3.8, 4) is 0 Å². The average Bonchev–Trinajstić information content (AvgIpc) is 2.64. The molecule has 0 unspecified atom stereocenters.